The molecule has 0 fully saturated rings. The van der Waals surface area contributed by atoms with Crippen LogP contribution in [0.2, 0.25) is 0 Å². The summed E-state index contributed by atoms with van der Waals surface area (Å²) in [5, 5.41) is 24.1. The van der Waals surface area contributed by atoms with E-state index in [-0.39, 0.29) is 6.42 Å². The first-order chi connectivity index (χ1) is 5.90. The highest BCUT2D eigenvalue weighted by atomic mass is 16.4. The summed E-state index contributed by atoms with van der Waals surface area (Å²) in [6.07, 6.45) is 1.67. The molecule has 0 saturated heterocycles. The van der Waals surface area contributed by atoms with Crippen molar-refractivity contribution in [1.29, 1.82) is 0 Å². The zero-order valence-corrected chi connectivity index (χ0v) is 7.60. The summed E-state index contributed by atoms with van der Waals surface area (Å²) in [6, 6.07) is 0. The molecule has 76 valence electrons. The molecule has 0 aromatic heterocycles. The van der Waals surface area contributed by atoms with Crippen LogP contribution in [0.25, 0.3) is 0 Å². The standard InChI is InChI=1S/C4H8O3.C4H6O2/c1-3(5)2-4(6)7;1-2-3-4(5)6/h3,5H,2H2,1H3,(H,6,7);2-3H,1H3,(H,5,6). The molecule has 0 spiro atoms. The van der Waals surface area contributed by atoms with E-state index in [1.165, 1.54) is 13.0 Å². The highest BCUT2D eigenvalue weighted by Crippen LogP contribution is 1.85. The van der Waals surface area contributed by atoms with E-state index in [4.69, 9.17) is 15.3 Å². The van der Waals surface area contributed by atoms with Gasteiger partial charge in [0.2, 0.25) is 0 Å². The fourth-order valence-electron chi connectivity index (χ4n) is 0.395. The van der Waals surface area contributed by atoms with Gasteiger partial charge in [0.1, 0.15) is 0 Å². The summed E-state index contributed by atoms with van der Waals surface area (Å²) in [6.45, 7) is 3.10. The van der Waals surface area contributed by atoms with Crippen molar-refractivity contribution in [3.63, 3.8) is 0 Å². The molecule has 13 heavy (non-hydrogen) atoms. The third-order valence-corrected chi connectivity index (χ3v) is 0.779. The summed E-state index contributed by atoms with van der Waals surface area (Å²) >= 11 is 0. The highest BCUT2D eigenvalue weighted by Gasteiger charge is 2.00. The van der Waals surface area contributed by atoms with Crippen molar-refractivity contribution in [3.8, 4) is 0 Å². The fraction of sp³-hybridized carbons (Fsp3) is 0.500. The Morgan fingerprint density at radius 2 is 1.85 bits per heavy atom. The molecule has 0 rings (SSSR count). The van der Waals surface area contributed by atoms with Gasteiger partial charge in [-0.1, -0.05) is 6.08 Å². The average molecular weight is 190 g/mol. The van der Waals surface area contributed by atoms with Crippen LogP contribution in [-0.4, -0.2) is 33.4 Å². The summed E-state index contributed by atoms with van der Waals surface area (Å²) < 4.78 is 0. The van der Waals surface area contributed by atoms with Gasteiger partial charge in [-0.25, -0.2) is 4.79 Å². The zero-order chi connectivity index (χ0) is 10.9. The van der Waals surface area contributed by atoms with Gasteiger partial charge in [0.25, 0.3) is 0 Å². The van der Waals surface area contributed by atoms with Gasteiger partial charge in [0.05, 0.1) is 12.5 Å². The maximum Gasteiger partial charge on any atom is 0.327 e. The lowest BCUT2D eigenvalue weighted by molar-refractivity contribution is -0.139. The van der Waals surface area contributed by atoms with E-state index < -0.39 is 18.0 Å². The molecule has 0 aliphatic heterocycles. The SMILES string of the molecule is CC(O)CC(=O)O.CC=CC(=O)O. The molecule has 0 saturated carbocycles. The van der Waals surface area contributed by atoms with Crippen LogP contribution in [0.4, 0.5) is 0 Å². The number of carboxylic acid groups (broad SMARTS) is 2. The normalized spacial score (nSPS) is 11.6. The Balaban J connectivity index is 0. The number of aliphatic carboxylic acids is 2. The van der Waals surface area contributed by atoms with Gasteiger partial charge in [-0.05, 0) is 13.8 Å². The van der Waals surface area contributed by atoms with Crippen LogP contribution in [0, 0.1) is 0 Å². The number of carbonyl (C=O) groups is 2. The Labute approximate surface area is 76.3 Å². The number of allylic oxidation sites excluding steroid dienone is 1. The second kappa shape index (κ2) is 8.73. The topological polar surface area (TPSA) is 94.8 Å². The maximum absolute atomic E-state index is 9.65. The molecule has 5 nitrogen and oxygen atoms in total. The van der Waals surface area contributed by atoms with Gasteiger partial charge in [-0.15, -0.1) is 0 Å². The van der Waals surface area contributed by atoms with Crippen molar-refractivity contribution >= 4 is 11.9 Å². The molecule has 5 heteroatoms. The molecule has 3 N–H and O–H groups in total. The van der Waals surface area contributed by atoms with Gasteiger partial charge in [-0.2, -0.15) is 0 Å². The van der Waals surface area contributed by atoms with Crippen LogP contribution in [-0.2, 0) is 9.59 Å². The van der Waals surface area contributed by atoms with Crippen molar-refractivity contribution in [2.24, 2.45) is 0 Å². The number of hydrogen-bond donors (Lipinski definition) is 3. The number of carboxylic acids is 2. The molecular weight excluding hydrogens is 176 g/mol. The number of aliphatic hydroxyl groups excluding tert-OH is 1. The van der Waals surface area contributed by atoms with Crippen LogP contribution in [0.15, 0.2) is 12.2 Å². The molecule has 0 amide bonds. The molecule has 1 unspecified atom stereocenters. The summed E-state index contributed by atoms with van der Waals surface area (Å²) in [5.41, 5.74) is 0. The van der Waals surface area contributed by atoms with Crippen LogP contribution in [0.1, 0.15) is 20.3 Å². The fourth-order valence-corrected chi connectivity index (χ4v) is 0.395. The van der Waals surface area contributed by atoms with E-state index in [0.717, 1.165) is 6.08 Å². The van der Waals surface area contributed by atoms with Gasteiger partial charge in [-0.3, -0.25) is 4.79 Å². The first-order valence-corrected chi connectivity index (χ1v) is 3.65. The average Bonchev–Trinajstić information content (AvgIpc) is 1.83. The second-order valence-corrected chi connectivity index (χ2v) is 2.29. The van der Waals surface area contributed by atoms with Crippen LogP contribution >= 0.6 is 0 Å². The highest BCUT2D eigenvalue weighted by molar-refractivity contribution is 5.79. The molecule has 0 heterocycles. The van der Waals surface area contributed by atoms with Crippen LogP contribution < -0.4 is 0 Å². The number of hydrogen-bond acceptors (Lipinski definition) is 3. The lowest BCUT2D eigenvalue weighted by Gasteiger charge is -1.94. The third kappa shape index (κ3) is 25.0. The summed E-state index contributed by atoms with van der Waals surface area (Å²) in [7, 11) is 0. The van der Waals surface area contributed by atoms with Gasteiger partial charge in [0.15, 0.2) is 0 Å². The van der Waals surface area contributed by atoms with Gasteiger partial charge >= 0.3 is 11.9 Å². The van der Waals surface area contributed by atoms with Crippen molar-refractivity contribution in [3.05, 3.63) is 12.2 Å². The minimum Gasteiger partial charge on any atom is -0.481 e. The molecule has 0 aromatic carbocycles. The summed E-state index contributed by atoms with van der Waals surface area (Å²) in [5.74, 6) is -1.85. The molecule has 0 aromatic rings. The van der Waals surface area contributed by atoms with Crippen LogP contribution in [0.3, 0.4) is 0 Å². The van der Waals surface area contributed by atoms with E-state index in [9.17, 15) is 9.59 Å². The number of rotatable bonds is 3. The van der Waals surface area contributed by atoms with Gasteiger partial charge in [0, 0.05) is 6.08 Å². The monoisotopic (exact) mass is 190 g/mol. The Bertz CT molecular complexity index is 183. The first kappa shape index (κ1) is 14.2. The van der Waals surface area contributed by atoms with E-state index in [2.05, 4.69) is 0 Å². The molecule has 1 atom stereocenters. The molecule has 0 radical (unpaired) electrons. The lowest BCUT2D eigenvalue weighted by Crippen LogP contribution is -2.07. The third-order valence-electron chi connectivity index (χ3n) is 0.779. The Morgan fingerprint density at radius 3 is 1.85 bits per heavy atom. The lowest BCUT2D eigenvalue weighted by atomic mass is 10.3. The molecule has 0 aliphatic carbocycles. The quantitative estimate of drug-likeness (QED) is 0.563. The maximum atomic E-state index is 9.65. The molecule has 0 aliphatic rings. The van der Waals surface area contributed by atoms with E-state index in [0.29, 0.717) is 0 Å². The smallest absolute Gasteiger partial charge is 0.327 e. The predicted molar refractivity (Wildman–Crippen MR) is 46.4 cm³/mol. The van der Waals surface area contributed by atoms with Crippen molar-refractivity contribution in [1.82, 2.24) is 0 Å². The van der Waals surface area contributed by atoms with Crippen LogP contribution in [0.5, 0.6) is 0 Å². The zero-order valence-electron chi connectivity index (χ0n) is 7.60. The van der Waals surface area contributed by atoms with Crippen molar-refractivity contribution in [2.45, 2.75) is 26.4 Å². The Morgan fingerprint density at radius 1 is 1.38 bits per heavy atom. The summed E-state index contributed by atoms with van der Waals surface area (Å²) in [4.78, 5) is 19.2. The molecule has 0 bridgehead atoms. The minimum atomic E-state index is -0.963. The largest absolute Gasteiger partial charge is 0.481 e. The second-order valence-electron chi connectivity index (χ2n) is 2.29. The Hall–Kier alpha value is -1.36. The number of aliphatic hydroxyl groups is 1. The van der Waals surface area contributed by atoms with E-state index in [1.54, 1.807) is 6.92 Å². The van der Waals surface area contributed by atoms with Gasteiger partial charge < -0.3 is 15.3 Å². The van der Waals surface area contributed by atoms with E-state index in [1.807, 2.05) is 0 Å². The van der Waals surface area contributed by atoms with E-state index >= 15 is 0 Å². The van der Waals surface area contributed by atoms with Crippen molar-refractivity contribution in [2.75, 3.05) is 0 Å². The minimum absolute atomic E-state index is 0.167. The predicted octanol–water partition coefficient (Wildman–Crippen LogP) is 0.489. The molecular formula is C8H14O5. The Kier molecular flexibility index (Phi) is 9.53. The van der Waals surface area contributed by atoms with Crippen molar-refractivity contribution < 1.29 is 24.9 Å². The first-order valence-electron chi connectivity index (χ1n) is 3.65.